The first-order chi connectivity index (χ1) is 5.17. The summed E-state index contributed by atoms with van der Waals surface area (Å²) in [6.45, 7) is 6.83. The summed E-state index contributed by atoms with van der Waals surface area (Å²) in [5, 5.41) is 2.17. The topological polar surface area (TPSA) is 12.0 Å². The largest absolute Gasteiger partial charge is 0.247 e. The minimum absolute atomic E-state index is 0.379. The summed E-state index contributed by atoms with van der Waals surface area (Å²) >= 11 is 0. The Morgan fingerprint density at radius 3 is 2.73 bits per heavy atom. The van der Waals surface area contributed by atoms with Crippen LogP contribution in [-0.2, 0) is 0 Å². The van der Waals surface area contributed by atoms with Gasteiger partial charge in [-0.3, -0.25) is 0 Å². The smallest absolute Gasteiger partial charge is 0.0419 e. The van der Waals surface area contributed by atoms with Crippen molar-refractivity contribution in [2.45, 2.75) is 33.2 Å². The average molecular weight is 189 g/mol. The van der Waals surface area contributed by atoms with Crippen molar-refractivity contribution < 1.29 is 0 Å². The molecular weight excluding hydrogens is 174 g/mol. The van der Waals surface area contributed by atoms with E-state index in [1.807, 2.05) is 0 Å². The summed E-state index contributed by atoms with van der Waals surface area (Å²) in [5.74, 6) is 0. The maximum Gasteiger partial charge on any atom is 0.0419 e. The van der Waals surface area contributed by atoms with Gasteiger partial charge in [0, 0.05) is 6.04 Å². The van der Waals surface area contributed by atoms with Gasteiger partial charge in [-0.2, -0.15) is 0 Å². The predicted molar refractivity (Wildman–Crippen MR) is 55.3 cm³/mol. The van der Waals surface area contributed by atoms with E-state index in [1.165, 1.54) is 6.42 Å². The minimum atomic E-state index is 0.379. The second kappa shape index (κ2) is 3.87. The van der Waals surface area contributed by atoms with Crippen LogP contribution < -0.4 is 4.72 Å². The number of nitrogens with one attached hydrogen (secondary N) is 1. The van der Waals surface area contributed by atoms with Crippen molar-refractivity contribution in [1.29, 1.82) is 0 Å². The molecule has 0 saturated heterocycles. The van der Waals surface area contributed by atoms with Crippen molar-refractivity contribution in [1.82, 2.24) is 4.72 Å². The molecule has 1 aliphatic rings. The fraction of sp³-hybridized carbons (Fsp3) is 0.750. The molecule has 0 radical (unpaired) electrons. The Bertz CT molecular complexity index is 154. The molecule has 1 nitrogen and oxygen atoms in total. The lowest BCUT2D eigenvalue weighted by atomic mass is 9.82. The number of hydrogen-bond acceptors (Lipinski definition) is 3. The third kappa shape index (κ3) is 2.42. The zero-order chi connectivity index (χ0) is 8.32. The second-order valence-corrected chi connectivity index (χ2v) is 5.39. The van der Waals surface area contributed by atoms with E-state index in [4.69, 9.17) is 0 Å². The second-order valence-electron chi connectivity index (χ2n) is 3.45. The highest BCUT2D eigenvalue weighted by Crippen LogP contribution is 2.33. The van der Waals surface area contributed by atoms with Gasteiger partial charge in [-0.05, 0) is 39.0 Å². The third-order valence-corrected chi connectivity index (χ3v) is 3.93. The predicted octanol–water partition coefficient (Wildman–Crippen LogP) is 3.20. The van der Waals surface area contributed by atoms with Gasteiger partial charge in [-0.25, -0.2) is 4.72 Å². The summed E-state index contributed by atoms with van der Waals surface area (Å²) in [4.78, 5) is 0. The van der Waals surface area contributed by atoms with E-state index >= 15 is 0 Å². The highest BCUT2D eigenvalue weighted by Gasteiger charge is 2.26. The van der Waals surface area contributed by atoms with Crippen LogP contribution in [0.5, 0.6) is 0 Å². The summed E-state index contributed by atoms with van der Waals surface area (Å²) < 4.78 is 3.40. The van der Waals surface area contributed by atoms with Crippen molar-refractivity contribution in [2.24, 2.45) is 5.41 Å². The van der Waals surface area contributed by atoms with Crippen LogP contribution in [0.3, 0.4) is 0 Å². The molecule has 0 aromatic carbocycles. The zero-order valence-electron chi connectivity index (χ0n) is 7.26. The Balaban J connectivity index is 2.57. The van der Waals surface area contributed by atoms with Crippen LogP contribution in [0.4, 0.5) is 0 Å². The molecule has 1 N–H and O–H groups in total. The van der Waals surface area contributed by atoms with Gasteiger partial charge in [0.05, 0.1) is 0 Å². The standard InChI is InChI=1S/C8H15NS2/c1-4-8(2,3)7-5-6-10-11-9-7/h5-7,9H,4H2,1-3H3. The van der Waals surface area contributed by atoms with Crippen molar-refractivity contribution in [3.05, 3.63) is 11.5 Å². The van der Waals surface area contributed by atoms with E-state index in [2.05, 4.69) is 37.0 Å². The fourth-order valence-corrected chi connectivity index (χ4v) is 2.57. The molecule has 0 aromatic heterocycles. The molecule has 0 bridgehead atoms. The Morgan fingerprint density at radius 1 is 1.55 bits per heavy atom. The molecule has 1 heterocycles. The first kappa shape index (κ1) is 9.49. The number of hydrogen-bond donors (Lipinski definition) is 1. The highest BCUT2D eigenvalue weighted by molar-refractivity contribution is 8.77. The van der Waals surface area contributed by atoms with E-state index in [0.717, 1.165) is 0 Å². The van der Waals surface area contributed by atoms with Gasteiger partial charge in [0.1, 0.15) is 0 Å². The van der Waals surface area contributed by atoms with E-state index in [0.29, 0.717) is 11.5 Å². The molecule has 1 rings (SSSR count). The first-order valence-corrected chi connectivity index (χ1v) is 6.12. The lowest BCUT2D eigenvalue weighted by molar-refractivity contribution is 0.300. The lowest BCUT2D eigenvalue weighted by Crippen LogP contribution is -2.36. The van der Waals surface area contributed by atoms with Crippen LogP contribution in [0.15, 0.2) is 11.5 Å². The molecule has 1 unspecified atom stereocenters. The summed E-state index contributed by atoms with van der Waals surface area (Å²) in [6, 6.07) is 0.527. The zero-order valence-corrected chi connectivity index (χ0v) is 8.89. The van der Waals surface area contributed by atoms with Crippen molar-refractivity contribution in [3.63, 3.8) is 0 Å². The minimum Gasteiger partial charge on any atom is -0.247 e. The molecular formula is C8H15NS2. The fourth-order valence-electron chi connectivity index (χ4n) is 0.897. The quantitative estimate of drug-likeness (QED) is 0.529. The Hall–Kier alpha value is 0.400. The van der Waals surface area contributed by atoms with Crippen molar-refractivity contribution in [3.8, 4) is 0 Å². The maximum atomic E-state index is 3.40. The summed E-state index contributed by atoms with van der Waals surface area (Å²) in [6.07, 6.45) is 3.46. The van der Waals surface area contributed by atoms with Crippen LogP contribution in [0, 0.1) is 5.41 Å². The van der Waals surface area contributed by atoms with Crippen LogP contribution in [-0.4, -0.2) is 6.04 Å². The average Bonchev–Trinajstić information content (AvgIpc) is 2.06. The first-order valence-electron chi connectivity index (χ1n) is 3.91. The van der Waals surface area contributed by atoms with E-state index in [9.17, 15) is 0 Å². The van der Waals surface area contributed by atoms with Gasteiger partial charge in [0.15, 0.2) is 0 Å². The molecule has 3 heteroatoms. The molecule has 0 spiro atoms. The van der Waals surface area contributed by atoms with Gasteiger partial charge in [0.25, 0.3) is 0 Å². The third-order valence-electron chi connectivity index (χ3n) is 2.30. The molecule has 0 fully saturated rings. The van der Waals surface area contributed by atoms with Gasteiger partial charge in [-0.15, -0.1) is 0 Å². The normalized spacial score (nSPS) is 25.5. The molecule has 0 aromatic rings. The molecule has 1 atom stereocenters. The van der Waals surface area contributed by atoms with Crippen molar-refractivity contribution >= 4 is 21.8 Å². The molecule has 11 heavy (non-hydrogen) atoms. The van der Waals surface area contributed by atoms with Gasteiger partial charge in [0.2, 0.25) is 0 Å². The Kier molecular flexibility index (Phi) is 3.34. The monoisotopic (exact) mass is 189 g/mol. The molecule has 64 valence electrons. The summed E-state index contributed by atoms with van der Waals surface area (Å²) in [5.41, 5.74) is 0.379. The number of rotatable bonds is 2. The van der Waals surface area contributed by atoms with E-state index in [1.54, 1.807) is 21.8 Å². The lowest BCUT2D eigenvalue weighted by Gasteiger charge is -2.32. The maximum absolute atomic E-state index is 3.40. The van der Waals surface area contributed by atoms with Crippen LogP contribution >= 0.6 is 21.8 Å². The molecule has 0 amide bonds. The van der Waals surface area contributed by atoms with Gasteiger partial charge in [-0.1, -0.05) is 26.8 Å². The van der Waals surface area contributed by atoms with Crippen LogP contribution in [0.1, 0.15) is 27.2 Å². The van der Waals surface area contributed by atoms with E-state index in [-0.39, 0.29) is 0 Å². The highest BCUT2D eigenvalue weighted by atomic mass is 33.1. The molecule has 0 saturated carbocycles. The van der Waals surface area contributed by atoms with Gasteiger partial charge >= 0.3 is 0 Å². The van der Waals surface area contributed by atoms with Crippen molar-refractivity contribution in [2.75, 3.05) is 0 Å². The Morgan fingerprint density at radius 2 is 2.27 bits per heavy atom. The van der Waals surface area contributed by atoms with E-state index < -0.39 is 0 Å². The van der Waals surface area contributed by atoms with Crippen LogP contribution in [0.2, 0.25) is 0 Å². The summed E-state index contributed by atoms with van der Waals surface area (Å²) in [7, 11) is 3.48. The molecule has 1 aliphatic heterocycles. The molecule has 0 aliphatic carbocycles. The van der Waals surface area contributed by atoms with Crippen LogP contribution in [0.25, 0.3) is 0 Å². The Labute approximate surface area is 76.9 Å². The van der Waals surface area contributed by atoms with Gasteiger partial charge < -0.3 is 0 Å². The SMILES string of the molecule is CCC(C)(C)C1C=CSSN1.